The molecule has 0 aliphatic carbocycles. The molecular formula is C24H19ClN4O4S. The summed E-state index contributed by atoms with van der Waals surface area (Å²) >= 11 is 7.54. The highest BCUT2D eigenvalue weighted by molar-refractivity contribution is 7.21. The molecule has 0 fully saturated rings. The number of fused-ring (bicyclic) bond motifs is 1. The summed E-state index contributed by atoms with van der Waals surface area (Å²) in [6.07, 6.45) is 3.30. The Balaban J connectivity index is 1.35. The second kappa shape index (κ2) is 10.3. The molecule has 2 aromatic heterocycles. The number of ether oxygens (including phenoxy) is 1. The van der Waals surface area contributed by atoms with Crippen molar-refractivity contribution >= 4 is 50.7 Å². The molecule has 0 saturated carbocycles. The Kier molecular flexibility index (Phi) is 7.05. The number of amides is 3. The first kappa shape index (κ1) is 23.2. The zero-order chi connectivity index (χ0) is 24.1. The van der Waals surface area contributed by atoms with Crippen molar-refractivity contribution in [3.63, 3.8) is 0 Å². The van der Waals surface area contributed by atoms with Gasteiger partial charge in [-0.3, -0.25) is 30.2 Å². The van der Waals surface area contributed by atoms with Gasteiger partial charge in [0, 0.05) is 40.2 Å². The maximum atomic E-state index is 12.6. The van der Waals surface area contributed by atoms with Crippen LogP contribution in [0.1, 0.15) is 36.0 Å². The van der Waals surface area contributed by atoms with Crippen molar-refractivity contribution in [3.8, 4) is 5.75 Å². The first-order chi connectivity index (χ1) is 16.5. The number of carbonyl (C=O) groups is 3. The van der Waals surface area contributed by atoms with Crippen molar-refractivity contribution < 1.29 is 19.1 Å². The molecule has 0 aliphatic heterocycles. The molecule has 4 rings (SSSR count). The lowest BCUT2D eigenvalue weighted by atomic mass is 10.1. The second-order valence-electron chi connectivity index (χ2n) is 7.13. The maximum Gasteiger partial charge on any atom is 0.281 e. The zero-order valence-corrected chi connectivity index (χ0v) is 19.5. The number of nitrogens with one attached hydrogen (secondary N) is 3. The molecule has 10 heteroatoms. The summed E-state index contributed by atoms with van der Waals surface area (Å²) in [6.45, 7) is 0.364. The number of rotatable bonds is 6. The van der Waals surface area contributed by atoms with E-state index in [2.05, 4.69) is 21.2 Å². The highest BCUT2D eigenvalue weighted by Crippen LogP contribution is 2.37. The fourth-order valence-electron chi connectivity index (χ4n) is 3.12. The van der Waals surface area contributed by atoms with Gasteiger partial charge in [0.2, 0.25) is 0 Å². The van der Waals surface area contributed by atoms with Gasteiger partial charge in [0.1, 0.15) is 10.6 Å². The quantitative estimate of drug-likeness (QED) is 0.351. The maximum absolute atomic E-state index is 12.6. The van der Waals surface area contributed by atoms with E-state index in [9.17, 15) is 14.4 Å². The van der Waals surface area contributed by atoms with Gasteiger partial charge >= 0.3 is 0 Å². The average molecular weight is 495 g/mol. The van der Waals surface area contributed by atoms with Gasteiger partial charge < -0.3 is 10.1 Å². The lowest BCUT2D eigenvalue weighted by Crippen LogP contribution is -2.41. The van der Waals surface area contributed by atoms with Crippen molar-refractivity contribution in [1.29, 1.82) is 0 Å². The molecule has 4 aromatic rings. The Hall–Kier alpha value is -3.95. The Morgan fingerprint density at radius 1 is 0.912 bits per heavy atom. The highest BCUT2D eigenvalue weighted by atomic mass is 35.5. The van der Waals surface area contributed by atoms with E-state index in [1.807, 2.05) is 12.1 Å². The van der Waals surface area contributed by atoms with Crippen LogP contribution in [0.5, 0.6) is 5.75 Å². The third-order valence-electron chi connectivity index (χ3n) is 4.94. The van der Waals surface area contributed by atoms with Crippen LogP contribution in [0.25, 0.3) is 10.1 Å². The van der Waals surface area contributed by atoms with Gasteiger partial charge in [0.25, 0.3) is 17.7 Å². The van der Waals surface area contributed by atoms with Gasteiger partial charge in [-0.1, -0.05) is 11.6 Å². The van der Waals surface area contributed by atoms with Crippen molar-refractivity contribution in [2.45, 2.75) is 6.54 Å². The van der Waals surface area contributed by atoms with E-state index in [1.54, 1.807) is 37.7 Å². The number of halogens is 1. The highest BCUT2D eigenvalue weighted by Gasteiger charge is 2.18. The van der Waals surface area contributed by atoms with E-state index in [-0.39, 0.29) is 16.3 Å². The summed E-state index contributed by atoms with van der Waals surface area (Å²) in [5.41, 5.74) is 6.35. The number of hydrogen-bond acceptors (Lipinski definition) is 6. The Morgan fingerprint density at radius 3 is 2.24 bits per heavy atom. The van der Waals surface area contributed by atoms with Crippen LogP contribution in [-0.2, 0) is 6.54 Å². The van der Waals surface area contributed by atoms with Crippen LogP contribution in [0.4, 0.5) is 0 Å². The molecule has 0 spiro atoms. The fraction of sp³-hybridized carbons (Fsp3) is 0.0833. The molecule has 172 valence electrons. The van der Waals surface area contributed by atoms with E-state index in [1.165, 1.54) is 35.6 Å². The van der Waals surface area contributed by atoms with Gasteiger partial charge in [0.05, 0.1) is 12.1 Å². The minimum absolute atomic E-state index is 0.270. The lowest BCUT2D eigenvalue weighted by Gasteiger charge is -2.08. The van der Waals surface area contributed by atoms with Crippen molar-refractivity contribution in [2.24, 2.45) is 0 Å². The van der Waals surface area contributed by atoms with E-state index in [0.717, 1.165) is 15.6 Å². The SMILES string of the molecule is COc1ccc2c(Cl)c(C(=O)NNC(=O)c3ccc(C(=O)NCc4ccncc4)cc3)sc2c1. The Labute approximate surface area is 203 Å². The molecular weight excluding hydrogens is 476 g/mol. The van der Waals surface area contributed by atoms with Gasteiger partial charge in [-0.25, -0.2) is 0 Å². The number of nitrogens with zero attached hydrogens (tertiary/aromatic N) is 1. The monoisotopic (exact) mass is 494 g/mol. The minimum atomic E-state index is -0.536. The van der Waals surface area contributed by atoms with Crippen LogP contribution in [0.15, 0.2) is 67.0 Å². The number of methoxy groups -OCH3 is 1. The summed E-state index contributed by atoms with van der Waals surface area (Å²) in [6, 6.07) is 15.0. The number of hydrogen-bond donors (Lipinski definition) is 3. The Bertz CT molecular complexity index is 1360. The molecule has 2 heterocycles. The van der Waals surface area contributed by atoms with Crippen LogP contribution >= 0.6 is 22.9 Å². The molecule has 2 aromatic carbocycles. The van der Waals surface area contributed by atoms with Gasteiger partial charge in [0.15, 0.2) is 0 Å². The molecule has 34 heavy (non-hydrogen) atoms. The molecule has 0 unspecified atom stereocenters. The van der Waals surface area contributed by atoms with Crippen LogP contribution < -0.4 is 20.9 Å². The van der Waals surface area contributed by atoms with Crippen molar-refractivity contribution in [3.05, 3.63) is 93.6 Å². The zero-order valence-electron chi connectivity index (χ0n) is 17.9. The molecule has 8 nitrogen and oxygen atoms in total. The molecule has 3 amide bonds. The summed E-state index contributed by atoms with van der Waals surface area (Å²) in [5, 5.41) is 3.83. The van der Waals surface area contributed by atoms with Crippen LogP contribution in [0.2, 0.25) is 5.02 Å². The van der Waals surface area contributed by atoms with Crippen molar-refractivity contribution in [2.75, 3.05) is 7.11 Å². The summed E-state index contributed by atoms with van der Waals surface area (Å²) in [4.78, 5) is 41.5. The number of pyridine rings is 1. The second-order valence-corrected chi connectivity index (χ2v) is 8.56. The van der Waals surface area contributed by atoms with E-state index < -0.39 is 11.8 Å². The smallest absolute Gasteiger partial charge is 0.281 e. The van der Waals surface area contributed by atoms with Gasteiger partial charge in [-0.15, -0.1) is 11.3 Å². The first-order valence-electron chi connectivity index (χ1n) is 10.1. The van der Waals surface area contributed by atoms with Gasteiger partial charge in [-0.2, -0.15) is 0 Å². The number of thiophene rings is 1. The van der Waals surface area contributed by atoms with E-state index in [4.69, 9.17) is 16.3 Å². The standard InChI is InChI=1S/C24H19ClN4O4S/c1-33-17-6-7-18-19(12-17)34-21(20(18)25)24(32)29-28-23(31)16-4-2-15(3-5-16)22(30)27-13-14-8-10-26-11-9-14/h2-12H,13H2,1H3,(H,27,30)(H,28,31)(H,29,32). The summed E-state index contributed by atoms with van der Waals surface area (Å²) in [5.74, 6) is -0.685. The van der Waals surface area contributed by atoms with E-state index >= 15 is 0 Å². The van der Waals surface area contributed by atoms with Crippen LogP contribution in [0, 0.1) is 0 Å². The topological polar surface area (TPSA) is 109 Å². The third kappa shape index (κ3) is 5.16. The first-order valence-corrected chi connectivity index (χ1v) is 11.3. The van der Waals surface area contributed by atoms with Crippen molar-refractivity contribution in [1.82, 2.24) is 21.2 Å². The average Bonchev–Trinajstić information content (AvgIpc) is 3.21. The van der Waals surface area contributed by atoms with Gasteiger partial charge in [-0.05, 0) is 60.2 Å². The number of hydrazine groups is 1. The predicted molar refractivity (Wildman–Crippen MR) is 130 cm³/mol. The molecule has 0 saturated heterocycles. The van der Waals surface area contributed by atoms with Crippen LogP contribution in [-0.4, -0.2) is 29.8 Å². The minimum Gasteiger partial charge on any atom is -0.497 e. The third-order valence-corrected chi connectivity index (χ3v) is 6.60. The molecule has 3 N–H and O–H groups in total. The predicted octanol–water partition coefficient (Wildman–Crippen LogP) is 3.96. The molecule has 0 radical (unpaired) electrons. The summed E-state index contributed by atoms with van der Waals surface area (Å²) in [7, 11) is 1.56. The number of carbonyl (C=O) groups excluding carboxylic acids is 3. The largest absolute Gasteiger partial charge is 0.497 e. The number of aromatic nitrogens is 1. The molecule has 0 bridgehead atoms. The fourth-order valence-corrected chi connectivity index (χ4v) is 4.56. The Morgan fingerprint density at radius 2 is 1.56 bits per heavy atom. The number of benzene rings is 2. The lowest BCUT2D eigenvalue weighted by molar-refractivity contribution is 0.0849. The van der Waals surface area contributed by atoms with Crippen LogP contribution in [0.3, 0.4) is 0 Å². The molecule has 0 atom stereocenters. The van der Waals surface area contributed by atoms with E-state index in [0.29, 0.717) is 22.9 Å². The normalized spacial score (nSPS) is 10.5. The molecule has 0 aliphatic rings. The summed E-state index contributed by atoms with van der Waals surface area (Å²) < 4.78 is 5.99.